The van der Waals surface area contributed by atoms with Crippen LogP contribution in [0.3, 0.4) is 0 Å². The molecule has 0 spiro atoms. The van der Waals surface area contributed by atoms with Crippen LogP contribution in [-0.4, -0.2) is 10.7 Å². The van der Waals surface area contributed by atoms with Crippen LogP contribution in [0, 0.1) is 5.82 Å². The van der Waals surface area contributed by atoms with E-state index in [1.165, 1.54) is 12.1 Å². The van der Waals surface area contributed by atoms with E-state index < -0.39 is 6.23 Å². The van der Waals surface area contributed by atoms with Crippen molar-refractivity contribution in [3.8, 4) is 5.75 Å². The summed E-state index contributed by atoms with van der Waals surface area (Å²) < 4.78 is 25.0. The van der Waals surface area contributed by atoms with E-state index in [4.69, 9.17) is 14.3 Å². The van der Waals surface area contributed by atoms with Crippen LogP contribution in [0.1, 0.15) is 35.6 Å². The summed E-state index contributed by atoms with van der Waals surface area (Å²) in [6, 6.07) is 18.2. The molecular weight excluding hydrogens is 319 g/mol. The van der Waals surface area contributed by atoms with E-state index in [1.807, 2.05) is 35.3 Å². The number of nitrogens with zero attached hydrogens (tertiary/aromatic N) is 2. The van der Waals surface area contributed by atoms with Gasteiger partial charge in [0.25, 0.3) is 0 Å². The molecule has 1 aromatic heterocycles. The monoisotopic (exact) mass is 334 g/mol. The first-order chi connectivity index (χ1) is 12.3. The fourth-order valence-electron chi connectivity index (χ4n) is 3.47. The van der Waals surface area contributed by atoms with Gasteiger partial charge < -0.3 is 9.15 Å². The topological polar surface area (TPSA) is 38.0 Å². The van der Waals surface area contributed by atoms with Crippen LogP contribution in [0.5, 0.6) is 5.75 Å². The lowest BCUT2D eigenvalue weighted by Crippen LogP contribution is -2.33. The summed E-state index contributed by atoms with van der Waals surface area (Å²) in [5.41, 5.74) is 2.86. The summed E-state index contributed by atoms with van der Waals surface area (Å²) in [5, 5.41) is 6.72. The molecule has 124 valence electrons. The van der Waals surface area contributed by atoms with Crippen LogP contribution in [-0.2, 0) is 0 Å². The number of hydrazone groups is 1. The Hall–Kier alpha value is -3.08. The number of fused-ring (bicyclic) bond motifs is 3. The van der Waals surface area contributed by atoms with Gasteiger partial charge in [0.05, 0.1) is 12.3 Å². The normalized spacial score (nSPS) is 21.3. The number of para-hydroxylation sites is 1. The maximum absolute atomic E-state index is 13.3. The number of hydrogen-bond acceptors (Lipinski definition) is 4. The highest BCUT2D eigenvalue weighted by atomic mass is 19.1. The first-order valence-corrected chi connectivity index (χ1v) is 8.20. The molecule has 3 aromatic rings. The van der Waals surface area contributed by atoms with Crippen molar-refractivity contribution < 1.29 is 13.5 Å². The molecule has 2 aromatic carbocycles. The molecule has 0 bridgehead atoms. The molecule has 25 heavy (non-hydrogen) atoms. The molecule has 5 rings (SSSR count). The summed E-state index contributed by atoms with van der Waals surface area (Å²) >= 11 is 0. The Morgan fingerprint density at radius 2 is 1.84 bits per heavy atom. The van der Waals surface area contributed by atoms with Crippen LogP contribution in [0.25, 0.3) is 0 Å². The Morgan fingerprint density at radius 1 is 1.00 bits per heavy atom. The zero-order valence-electron chi connectivity index (χ0n) is 13.3. The SMILES string of the molecule is Fc1ccc([C@H]2Oc3ccccc3[C@@H]3CC(c4ccco4)=NN23)cc1. The van der Waals surface area contributed by atoms with Crippen LogP contribution in [0.2, 0.25) is 0 Å². The second-order valence-electron chi connectivity index (χ2n) is 6.18. The summed E-state index contributed by atoms with van der Waals surface area (Å²) in [6.07, 6.45) is 2.00. The van der Waals surface area contributed by atoms with E-state index in [9.17, 15) is 4.39 Å². The first kappa shape index (κ1) is 14.3. The predicted octanol–water partition coefficient (Wildman–Crippen LogP) is 4.66. The average Bonchev–Trinajstić information content (AvgIpc) is 3.31. The summed E-state index contributed by atoms with van der Waals surface area (Å²) in [5.74, 6) is 1.34. The number of ether oxygens (including phenoxy) is 1. The molecule has 0 amide bonds. The van der Waals surface area contributed by atoms with Gasteiger partial charge in [-0.25, -0.2) is 9.40 Å². The van der Waals surface area contributed by atoms with Crippen molar-refractivity contribution in [3.05, 3.63) is 89.6 Å². The van der Waals surface area contributed by atoms with Crippen LogP contribution in [0.4, 0.5) is 4.39 Å². The van der Waals surface area contributed by atoms with E-state index in [1.54, 1.807) is 18.4 Å². The summed E-state index contributed by atoms with van der Waals surface area (Å²) in [6.45, 7) is 0. The third-order valence-electron chi connectivity index (χ3n) is 4.66. The van der Waals surface area contributed by atoms with E-state index in [-0.39, 0.29) is 11.9 Å². The number of halogens is 1. The van der Waals surface area contributed by atoms with Gasteiger partial charge in [-0.15, -0.1) is 0 Å². The number of furan rings is 1. The standard InChI is InChI=1S/C20H15FN2O2/c21-14-9-7-13(8-10-14)20-23-17(15-4-1-2-5-18(15)25-20)12-16(22-23)19-6-3-11-24-19/h1-11,17,20H,12H2/t17-,20+/m0/s1. The van der Waals surface area contributed by atoms with Crippen molar-refractivity contribution in [2.24, 2.45) is 5.10 Å². The number of rotatable bonds is 2. The molecule has 0 N–H and O–H groups in total. The van der Waals surface area contributed by atoms with Crippen molar-refractivity contribution in [2.75, 3.05) is 0 Å². The molecule has 4 nitrogen and oxygen atoms in total. The Bertz CT molecular complexity index is 935. The molecule has 0 saturated carbocycles. The van der Waals surface area contributed by atoms with Crippen molar-refractivity contribution in [3.63, 3.8) is 0 Å². The Labute approximate surface area is 144 Å². The smallest absolute Gasteiger partial charge is 0.213 e. The predicted molar refractivity (Wildman–Crippen MR) is 90.7 cm³/mol. The second-order valence-corrected chi connectivity index (χ2v) is 6.18. The molecule has 2 aliphatic heterocycles. The minimum atomic E-state index is -0.395. The van der Waals surface area contributed by atoms with Gasteiger partial charge in [0.2, 0.25) is 6.23 Å². The van der Waals surface area contributed by atoms with E-state index in [2.05, 4.69) is 6.07 Å². The van der Waals surface area contributed by atoms with Gasteiger partial charge in [-0.3, -0.25) is 0 Å². The lowest BCUT2D eigenvalue weighted by atomic mass is 9.97. The molecule has 3 heterocycles. The van der Waals surface area contributed by atoms with E-state index >= 15 is 0 Å². The minimum Gasteiger partial charge on any atom is -0.464 e. The van der Waals surface area contributed by atoms with Crippen molar-refractivity contribution in [2.45, 2.75) is 18.7 Å². The lowest BCUT2D eigenvalue weighted by molar-refractivity contribution is -0.0190. The Balaban J connectivity index is 1.60. The second kappa shape index (κ2) is 5.48. The molecule has 0 aliphatic carbocycles. The molecule has 0 unspecified atom stereocenters. The highest BCUT2D eigenvalue weighted by Crippen LogP contribution is 2.47. The maximum Gasteiger partial charge on any atom is 0.213 e. The van der Waals surface area contributed by atoms with Crippen molar-refractivity contribution >= 4 is 5.71 Å². The fraction of sp³-hybridized carbons (Fsp3) is 0.150. The molecule has 0 fully saturated rings. The third-order valence-corrected chi connectivity index (χ3v) is 4.66. The highest BCUT2D eigenvalue weighted by molar-refractivity contribution is 5.99. The average molecular weight is 334 g/mol. The fourth-order valence-corrected chi connectivity index (χ4v) is 3.47. The molecule has 0 radical (unpaired) electrons. The van der Waals surface area contributed by atoms with E-state index in [0.717, 1.165) is 34.8 Å². The zero-order valence-corrected chi connectivity index (χ0v) is 13.3. The summed E-state index contributed by atoms with van der Waals surface area (Å²) in [4.78, 5) is 0. The van der Waals surface area contributed by atoms with Gasteiger partial charge in [-0.05, 0) is 30.3 Å². The van der Waals surface area contributed by atoms with Crippen LogP contribution >= 0.6 is 0 Å². The number of hydrogen-bond donors (Lipinski definition) is 0. The van der Waals surface area contributed by atoms with Crippen molar-refractivity contribution in [1.82, 2.24) is 5.01 Å². The van der Waals surface area contributed by atoms with Gasteiger partial charge in [-0.1, -0.05) is 30.3 Å². The van der Waals surface area contributed by atoms with Gasteiger partial charge >= 0.3 is 0 Å². The maximum atomic E-state index is 13.3. The minimum absolute atomic E-state index is 0.0695. The van der Waals surface area contributed by atoms with Crippen LogP contribution in [0.15, 0.2) is 76.4 Å². The molecule has 5 heteroatoms. The highest BCUT2D eigenvalue weighted by Gasteiger charge is 2.41. The molecule has 0 saturated heterocycles. The van der Waals surface area contributed by atoms with Crippen molar-refractivity contribution in [1.29, 1.82) is 0 Å². The lowest BCUT2D eigenvalue weighted by Gasteiger charge is -2.38. The number of benzene rings is 2. The molecule has 2 atom stereocenters. The molecule has 2 aliphatic rings. The van der Waals surface area contributed by atoms with Gasteiger partial charge in [0, 0.05) is 17.5 Å². The first-order valence-electron chi connectivity index (χ1n) is 8.20. The van der Waals surface area contributed by atoms with Crippen LogP contribution < -0.4 is 4.74 Å². The quantitative estimate of drug-likeness (QED) is 0.684. The zero-order chi connectivity index (χ0) is 16.8. The van der Waals surface area contributed by atoms with Gasteiger partial charge in [0.1, 0.15) is 23.0 Å². The van der Waals surface area contributed by atoms with Gasteiger partial charge in [0.15, 0.2) is 0 Å². The molecular formula is C20H15FN2O2. The third kappa shape index (κ3) is 2.31. The Morgan fingerprint density at radius 3 is 2.64 bits per heavy atom. The van der Waals surface area contributed by atoms with Gasteiger partial charge in [-0.2, -0.15) is 5.10 Å². The summed E-state index contributed by atoms with van der Waals surface area (Å²) in [7, 11) is 0. The largest absolute Gasteiger partial charge is 0.464 e. The Kier molecular flexibility index (Phi) is 3.13. The van der Waals surface area contributed by atoms with E-state index in [0.29, 0.717) is 0 Å².